The van der Waals surface area contributed by atoms with E-state index in [1.807, 2.05) is 6.92 Å². The molecule has 2 atom stereocenters. The molecule has 1 heterocycles. The molecule has 0 aliphatic heterocycles. The molecule has 0 bridgehead atoms. The lowest BCUT2D eigenvalue weighted by Crippen LogP contribution is -2.30. The molecule has 3 N–H and O–H groups in total. The summed E-state index contributed by atoms with van der Waals surface area (Å²) in [5.74, 6) is 1.77. The summed E-state index contributed by atoms with van der Waals surface area (Å²) >= 11 is 0. The molecular formula is C14H24N4. The van der Waals surface area contributed by atoms with Gasteiger partial charge in [0, 0.05) is 17.4 Å². The van der Waals surface area contributed by atoms with Crippen LogP contribution in [0.15, 0.2) is 6.07 Å². The molecule has 1 fully saturated rings. The van der Waals surface area contributed by atoms with E-state index < -0.39 is 0 Å². The number of nitrogens with two attached hydrogens (primary N) is 1. The molecule has 0 radical (unpaired) electrons. The van der Waals surface area contributed by atoms with Gasteiger partial charge in [0.05, 0.1) is 0 Å². The maximum absolute atomic E-state index is 5.81. The average molecular weight is 248 g/mol. The number of anilines is 1. The highest BCUT2D eigenvalue weighted by atomic mass is 15.1. The lowest BCUT2D eigenvalue weighted by Gasteiger charge is -2.20. The largest absolute Gasteiger partial charge is 0.351 e. The summed E-state index contributed by atoms with van der Waals surface area (Å²) in [6, 6.07) is 2.50. The third kappa shape index (κ3) is 2.99. The third-order valence-corrected chi connectivity index (χ3v) is 3.74. The molecule has 4 heteroatoms. The Morgan fingerprint density at radius 1 is 1.39 bits per heavy atom. The third-order valence-electron chi connectivity index (χ3n) is 3.74. The van der Waals surface area contributed by atoms with Gasteiger partial charge in [0.25, 0.3) is 0 Å². The quantitative estimate of drug-likeness (QED) is 0.859. The van der Waals surface area contributed by atoms with Crippen LogP contribution in [0.1, 0.15) is 50.4 Å². The van der Waals surface area contributed by atoms with Gasteiger partial charge in [-0.3, -0.25) is 0 Å². The molecule has 1 aromatic heterocycles. The Hall–Kier alpha value is -1.16. The van der Waals surface area contributed by atoms with Gasteiger partial charge in [-0.1, -0.05) is 20.3 Å². The lowest BCUT2D eigenvalue weighted by molar-refractivity contribution is 0.513. The molecule has 1 saturated carbocycles. The summed E-state index contributed by atoms with van der Waals surface area (Å²) in [6.45, 7) is 7.09. The van der Waals surface area contributed by atoms with Crippen LogP contribution in [-0.2, 0) is 0 Å². The van der Waals surface area contributed by atoms with Crippen molar-refractivity contribution in [2.24, 2.45) is 11.7 Å². The Balaban J connectivity index is 2.13. The zero-order chi connectivity index (χ0) is 13.1. The molecule has 1 aromatic rings. The summed E-state index contributed by atoms with van der Waals surface area (Å²) in [5.41, 5.74) is 7.94. The highest BCUT2D eigenvalue weighted by Crippen LogP contribution is 2.27. The number of aromatic nitrogens is 2. The van der Waals surface area contributed by atoms with E-state index in [0.29, 0.717) is 17.9 Å². The van der Waals surface area contributed by atoms with E-state index in [4.69, 9.17) is 5.73 Å². The number of hydrogen-bond donors (Lipinski definition) is 2. The summed E-state index contributed by atoms with van der Waals surface area (Å²) < 4.78 is 0. The fraction of sp³-hybridized carbons (Fsp3) is 0.714. The van der Waals surface area contributed by atoms with E-state index in [-0.39, 0.29) is 0 Å². The van der Waals surface area contributed by atoms with Crippen LogP contribution in [0.4, 0.5) is 5.95 Å². The van der Waals surface area contributed by atoms with E-state index in [9.17, 15) is 0 Å². The molecule has 2 rings (SSSR count). The predicted octanol–water partition coefficient (Wildman–Crippen LogP) is 2.45. The lowest BCUT2D eigenvalue weighted by atomic mass is 10.0. The van der Waals surface area contributed by atoms with Crippen LogP contribution in [0, 0.1) is 12.8 Å². The fourth-order valence-corrected chi connectivity index (χ4v) is 2.63. The normalized spacial score (nSPS) is 23.6. The van der Waals surface area contributed by atoms with Gasteiger partial charge in [0.15, 0.2) is 0 Å². The Morgan fingerprint density at radius 2 is 2.17 bits per heavy atom. The minimum absolute atomic E-state index is 0.432. The molecule has 2 unspecified atom stereocenters. The van der Waals surface area contributed by atoms with Crippen LogP contribution in [0.2, 0.25) is 0 Å². The zero-order valence-corrected chi connectivity index (χ0v) is 11.6. The summed E-state index contributed by atoms with van der Waals surface area (Å²) in [5, 5.41) is 3.48. The average Bonchev–Trinajstić information content (AvgIpc) is 2.75. The maximum Gasteiger partial charge on any atom is 0.223 e. The molecule has 0 amide bonds. The van der Waals surface area contributed by atoms with Crippen molar-refractivity contribution in [3.63, 3.8) is 0 Å². The second-order valence-electron chi connectivity index (χ2n) is 5.59. The first kappa shape index (κ1) is 13.3. The highest BCUT2D eigenvalue weighted by Gasteiger charge is 2.26. The van der Waals surface area contributed by atoms with E-state index in [1.54, 1.807) is 0 Å². The number of aryl methyl sites for hydroxylation is 1. The van der Waals surface area contributed by atoms with Crippen LogP contribution in [-0.4, -0.2) is 22.6 Å². The molecule has 1 aliphatic carbocycles. The maximum atomic E-state index is 5.81. The van der Waals surface area contributed by atoms with Gasteiger partial charge < -0.3 is 11.1 Å². The Bertz CT molecular complexity index is 403. The topological polar surface area (TPSA) is 63.8 Å². The number of hydrogen-bond acceptors (Lipinski definition) is 4. The second kappa shape index (κ2) is 5.65. The summed E-state index contributed by atoms with van der Waals surface area (Å²) in [4.78, 5) is 9.09. The van der Waals surface area contributed by atoms with Crippen molar-refractivity contribution in [1.29, 1.82) is 0 Å². The van der Waals surface area contributed by atoms with E-state index in [0.717, 1.165) is 23.9 Å². The van der Waals surface area contributed by atoms with E-state index in [2.05, 4.69) is 35.2 Å². The van der Waals surface area contributed by atoms with Crippen molar-refractivity contribution < 1.29 is 0 Å². The summed E-state index contributed by atoms with van der Waals surface area (Å²) in [6.07, 6.45) is 3.65. The molecular weight excluding hydrogens is 224 g/mol. The van der Waals surface area contributed by atoms with Gasteiger partial charge in [-0.25, -0.2) is 9.97 Å². The van der Waals surface area contributed by atoms with Crippen molar-refractivity contribution in [3.8, 4) is 0 Å². The van der Waals surface area contributed by atoms with Gasteiger partial charge >= 0.3 is 0 Å². The fourth-order valence-electron chi connectivity index (χ4n) is 2.63. The van der Waals surface area contributed by atoms with Crippen LogP contribution >= 0.6 is 0 Å². The van der Waals surface area contributed by atoms with Gasteiger partial charge in [0.2, 0.25) is 5.95 Å². The van der Waals surface area contributed by atoms with Crippen LogP contribution in [0.5, 0.6) is 0 Å². The van der Waals surface area contributed by atoms with E-state index >= 15 is 0 Å². The zero-order valence-electron chi connectivity index (χ0n) is 11.6. The Kier molecular flexibility index (Phi) is 4.17. The summed E-state index contributed by atoms with van der Waals surface area (Å²) in [7, 11) is 0. The first-order chi connectivity index (χ1) is 8.60. The van der Waals surface area contributed by atoms with Crippen molar-refractivity contribution in [2.45, 2.75) is 52.0 Å². The molecule has 4 nitrogen and oxygen atoms in total. The number of rotatable bonds is 4. The molecule has 1 aliphatic rings. The highest BCUT2D eigenvalue weighted by molar-refractivity contribution is 5.31. The SMILES string of the molecule is Cc1cc(C(C)C)nc(NC2CCCC2CN)n1. The number of nitrogens with zero attached hydrogens (tertiary/aromatic N) is 2. The van der Waals surface area contributed by atoms with Crippen molar-refractivity contribution >= 4 is 5.95 Å². The second-order valence-corrected chi connectivity index (χ2v) is 5.59. The van der Waals surface area contributed by atoms with Crippen LogP contribution in [0.3, 0.4) is 0 Å². The Morgan fingerprint density at radius 3 is 2.83 bits per heavy atom. The molecule has 18 heavy (non-hydrogen) atoms. The molecule has 0 spiro atoms. The first-order valence-electron chi connectivity index (χ1n) is 6.92. The Labute approximate surface area is 109 Å². The smallest absolute Gasteiger partial charge is 0.223 e. The van der Waals surface area contributed by atoms with Crippen molar-refractivity contribution in [2.75, 3.05) is 11.9 Å². The van der Waals surface area contributed by atoms with Gasteiger partial charge in [0.1, 0.15) is 0 Å². The van der Waals surface area contributed by atoms with Crippen molar-refractivity contribution in [3.05, 3.63) is 17.5 Å². The minimum atomic E-state index is 0.432. The van der Waals surface area contributed by atoms with Gasteiger partial charge in [-0.15, -0.1) is 0 Å². The molecule has 100 valence electrons. The van der Waals surface area contributed by atoms with Crippen LogP contribution in [0.25, 0.3) is 0 Å². The first-order valence-corrected chi connectivity index (χ1v) is 6.92. The minimum Gasteiger partial charge on any atom is -0.351 e. The monoisotopic (exact) mass is 248 g/mol. The molecule has 0 saturated heterocycles. The molecule has 0 aromatic carbocycles. The van der Waals surface area contributed by atoms with Crippen molar-refractivity contribution in [1.82, 2.24) is 9.97 Å². The van der Waals surface area contributed by atoms with Crippen LogP contribution < -0.4 is 11.1 Å². The van der Waals surface area contributed by atoms with E-state index in [1.165, 1.54) is 19.3 Å². The van der Waals surface area contributed by atoms with Gasteiger partial charge in [-0.05, 0) is 44.2 Å². The standard InChI is InChI=1S/C14H24N4/c1-9(2)13-7-10(3)16-14(18-13)17-12-6-4-5-11(12)8-15/h7,9,11-12H,4-6,8,15H2,1-3H3,(H,16,17,18). The predicted molar refractivity (Wildman–Crippen MR) is 74.7 cm³/mol. The number of nitrogens with one attached hydrogen (secondary N) is 1. The van der Waals surface area contributed by atoms with Gasteiger partial charge in [-0.2, -0.15) is 0 Å².